The largest absolute Gasteiger partial charge is 0.493 e. The number of nitrogens with zero attached hydrogens (tertiary/aromatic N) is 3. The lowest BCUT2D eigenvalue weighted by Gasteiger charge is -2.57. The van der Waals surface area contributed by atoms with Crippen LogP contribution in [-0.4, -0.2) is 57.8 Å². The summed E-state index contributed by atoms with van der Waals surface area (Å²) in [4.78, 5) is 32.0. The smallest absolute Gasteiger partial charge is 0.262 e. The monoisotopic (exact) mass is 433 g/mol. The lowest BCUT2D eigenvalue weighted by molar-refractivity contribution is -0.164. The summed E-state index contributed by atoms with van der Waals surface area (Å²) in [6, 6.07) is 2.97. The number of carbonyl (C=O) groups is 2. The molecule has 4 atom stereocenters. The molecule has 5 heterocycles. The van der Waals surface area contributed by atoms with Gasteiger partial charge in [-0.15, -0.1) is 0 Å². The second-order valence-corrected chi connectivity index (χ2v) is 10.8. The van der Waals surface area contributed by atoms with Gasteiger partial charge in [-0.1, -0.05) is 21.6 Å². The molecule has 1 aromatic rings. The minimum atomic E-state index is -1.10. The van der Waals surface area contributed by atoms with Gasteiger partial charge in [-0.3, -0.25) is 9.59 Å². The number of rotatable bonds is 2. The molecular weight excluding hydrogens is 414 g/mol. The molecular formula is C19H19N3O5S2. The first kappa shape index (κ1) is 18.8. The van der Waals surface area contributed by atoms with E-state index in [1.807, 2.05) is 6.92 Å². The summed E-state index contributed by atoms with van der Waals surface area (Å²) in [5.74, 6) is 1.21. The van der Waals surface area contributed by atoms with Crippen LogP contribution in [0.3, 0.4) is 0 Å². The predicted octanol–water partition coefficient (Wildman–Crippen LogP) is 2.65. The summed E-state index contributed by atoms with van der Waals surface area (Å²) in [7, 11) is 5.99. The molecule has 0 aliphatic carbocycles. The van der Waals surface area contributed by atoms with E-state index in [9.17, 15) is 9.59 Å². The Bertz CT molecular complexity index is 1010. The zero-order valence-corrected chi connectivity index (χ0v) is 18.0. The Balaban J connectivity index is 1.73. The van der Waals surface area contributed by atoms with Gasteiger partial charge < -0.3 is 28.9 Å². The summed E-state index contributed by atoms with van der Waals surface area (Å²) in [6.45, 7) is 11.6. The lowest BCUT2D eigenvalue weighted by atomic mass is 9.87. The maximum atomic E-state index is 13.6. The third kappa shape index (κ3) is 2.07. The number of carbonyl (C=O) groups excluding carboxylic acids is 2. The van der Waals surface area contributed by atoms with Crippen LogP contribution >= 0.6 is 21.6 Å². The quantitative estimate of drug-likeness (QED) is 0.524. The number of hydrogen-bond donors (Lipinski definition) is 0. The topological polar surface area (TPSA) is 72.7 Å². The van der Waals surface area contributed by atoms with E-state index in [2.05, 4.69) is 4.85 Å². The van der Waals surface area contributed by atoms with Crippen LogP contribution in [0.25, 0.3) is 4.85 Å². The second-order valence-electron chi connectivity index (χ2n) is 7.98. The van der Waals surface area contributed by atoms with Gasteiger partial charge in [-0.05, 0) is 24.6 Å². The van der Waals surface area contributed by atoms with Crippen LogP contribution in [0, 0.1) is 6.57 Å². The van der Waals surface area contributed by atoms with Crippen molar-refractivity contribution in [2.45, 2.75) is 41.6 Å². The van der Waals surface area contributed by atoms with E-state index in [1.54, 1.807) is 31.0 Å². The van der Waals surface area contributed by atoms with Gasteiger partial charge in [-0.2, -0.15) is 0 Å². The zero-order chi connectivity index (χ0) is 20.8. The van der Waals surface area contributed by atoms with Crippen molar-refractivity contribution >= 4 is 33.4 Å². The predicted molar refractivity (Wildman–Crippen MR) is 107 cm³/mol. The van der Waals surface area contributed by atoms with Gasteiger partial charge in [0, 0.05) is 14.0 Å². The molecule has 1 spiro atoms. The molecule has 0 N–H and O–H groups in total. The van der Waals surface area contributed by atoms with Crippen LogP contribution in [-0.2, 0) is 9.59 Å². The van der Waals surface area contributed by atoms with Crippen LogP contribution in [0.15, 0.2) is 12.1 Å². The van der Waals surface area contributed by atoms with Gasteiger partial charge >= 0.3 is 0 Å². The van der Waals surface area contributed by atoms with Crippen molar-refractivity contribution in [3.63, 3.8) is 0 Å². The first-order valence-corrected chi connectivity index (χ1v) is 11.2. The molecule has 0 radical (unpaired) electrons. The number of hydrogen-bond acceptors (Lipinski definition) is 7. The minimum Gasteiger partial charge on any atom is -0.493 e. The van der Waals surface area contributed by atoms with Gasteiger partial charge in [0.15, 0.2) is 21.2 Å². The molecule has 29 heavy (non-hydrogen) atoms. The number of fused-ring (bicyclic) bond motifs is 3. The number of ether oxygens (including phenoxy) is 3. The molecule has 2 bridgehead atoms. The molecule has 6 rings (SSSR count). The third-order valence-electron chi connectivity index (χ3n) is 6.32. The van der Waals surface area contributed by atoms with Gasteiger partial charge in [0.1, 0.15) is 6.04 Å². The van der Waals surface area contributed by atoms with Gasteiger partial charge in [-0.25, -0.2) is 6.57 Å². The average molecular weight is 434 g/mol. The summed E-state index contributed by atoms with van der Waals surface area (Å²) < 4.78 is 16.5. The van der Waals surface area contributed by atoms with Crippen LogP contribution in [0.4, 0.5) is 0 Å². The van der Waals surface area contributed by atoms with Crippen LogP contribution in [0.2, 0.25) is 0 Å². The van der Waals surface area contributed by atoms with Gasteiger partial charge in [0.25, 0.3) is 17.4 Å². The van der Waals surface area contributed by atoms with E-state index in [1.165, 1.54) is 33.6 Å². The molecule has 10 heteroatoms. The number of methoxy groups -OCH3 is 1. The molecule has 4 saturated heterocycles. The van der Waals surface area contributed by atoms with Crippen molar-refractivity contribution in [2.75, 3.05) is 21.0 Å². The molecule has 2 amide bonds. The molecule has 4 fully saturated rings. The zero-order valence-electron chi connectivity index (χ0n) is 16.3. The number of piperazine rings is 1. The SMILES string of the molecule is [C-]#[N+][C@@]1(C)C[C@@]23SS[C@@](C)(C(=O)N2C1c1cc(OC)c2c(c1)OCO2)N(C)C3=O. The van der Waals surface area contributed by atoms with Gasteiger partial charge in [0.2, 0.25) is 12.5 Å². The highest BCUT2D eigenvalue weighted by Crippen LogP contribution is 2.68. The van der Waals surface area contributed by atoms with E-state index in [4.69, 9.17) is 20.8 Å². The van der Waals surface area contributed by atoms with Gasteiger partial charge in [0.05, 0.1) is 13.5 Å². The fourth-order valence-electron chi connectivity index (χ4n) is 4.70. The van der Waals surface area contributed by atoms with Crippen molar-refractivity contribution in [3.05, 3.63) is 29.1 Å². The van der Waals surface area contributed by atoms with Crippen LogP contribution in [0.1, 0.15) is 31.9 Å². The molecule has 1 aromatic carbocycles. The highest BCUT2D eigenvalue weighted by atomic mass is 33.1. The third-order valence-corrected chi connectivity index (χ3v) is 10.0. The molecule has 0 aromatic heterocycles. The summed E-state index contributed by atoms with van der Waals surface area (Å²) in [5.41, 5.74) is -0.277. The Labute approximate surface area is 176 Å². The Morgan fingerprint density at radius 2 is 2.00 bits per heavy atom. The summed E-state index contributed by atoms with van der Waals surface area (Å²) in [6.07, 6.45) is 0.258. The molecule has 8 nitrogen and oxygen atoms in total. The fraction of sp³-hybridized carbons (Fsp3) is 0.526. The van der Waals surface area contributed by atoms with Crippen molar-refractivity contribution in [2.24, 2.45) is 0 Å². The Morgan fingerprint density at radius 1 is 1.24 bits per heavy atom. The van der Waals surface area contributed by atoms with Crippen molar-refractivity contribution < 1.29 is 23.8 Å². The van der Waals surface area contributed by atoms with Crippen LogP contribution in [0.5, 0.6) is 17.2 Å². The highest BCUT2D eigenvalue weighted by molar-refractivity contribution is 8.78. The van der Waals surface area contributed by atoms with E-state index in [0.29, 0.717) is 22.8 Å². The molecule has 5 aliphatic rings. The molecule has 0 saturated carbocycles. The maximum absolute atomic E-state index is 13.6. The van der Waals surface area contributed by atoms with Crippen molar-refractivity contribution in [3.8, 4) is 17.2 Å². The second kappa shape index (κ2) is 5.67. The van der Waals surface area contributed by atoms with E-state index in [-0.39, 0.29) is 25.0 Å². The highest BCUT2D eigenvalue weighted by Gasteiger charge is 2.77. The van der Waals surface area contributed by atoms with Crippen molar-refractivity contribution in [1.29, 1.82) is 0 Å². The lowest BCUT2D eigenvalue weighted by Crippen LogP contribution is -2.73. The van der Waals surface area contributed by atoms with E-state index in [0.717, 1.165) is 0 Å². The number of amides is 2. The maximum Gasteiger partial charge on any atom is 0.262 e. The van der Waals surface area contributed by atoms with Crippen molar-refractivity contribution in [1.82, 2.24) is 9.80 Å². The standard InChI is InChI=1S/C19H19N3O5S2/c1-17(20-3)8-19-16(24)21(4)18(2,28-29-19)15(23)22(19)14(17)10-6-11(25-5)13-12(7-10)26-9-27-13/h6-7,14H,8-9H2,1-2,4-5H3/t14?,17-,18-,19-/m0/s1. The number of likely N-dealkylation sites (N-methyl/N-ethyl adjacent to an activating group) is 1. The Morgan fingerprint density at radius 3 is 2.69 bits per heavy atom. The number of benzene rings is 1. The fourth-order valence-corrected chi connectivity index (χ4v) is 8.27. The summed E-state index contributed by atoms with van der Waals surface area (Å²) >= 11 is 0. The average Bonchev–Trinajstić information content (AvgIpc) is 3.29. The molecule has 5 aliphatic heterocycles. The summed E-state index contributed by atoms with van der Waals surface area (Å²) in [5, 5.41) is 0. The Hall–Kier alpha value is -2.25. The first-order valence-electron chi connectivity index (χ1n) is 9.07. The van der Waals surface area contributed by atoms with E-state index < -0.39 is 21.3 Å². The molecule has 152 valence electrons. The normalized spacial score (nSPS) is 37.0. The molecule has 1 unspecified atom stereocenters. The first-order chi connectivity index (χ1) is 13.7. The van der Waals surface area contributed by atoms with E-state index >= 15 is 0 Å². The minimum absolute atomic E-state index is 0.0837. The van der Waals surface area contributed by atoms with Crippen LogP contribution < -0.4 is 14.2 Å². The Kier molecular flexibility index (Phi) is 3.67.